The van der Waals surface area contributed by atoms with Crippen LogP contribution in [0.15, 0.2) is 0 Å². The first kappa shape index (κ1) is 17.8. The molecule has 0 aromatic rings. The van der Waals surface area contributed by atoms with Gasteiger partial charge in [-0.25, -0.2) is 0 Å². The predicted octanol–water partition coefficient (Wildman–Crippen LogP) is 4.37. The number of aliphatic hydroxyl groups is 1. The van der Waals surface area contributed by atoms with E-state index in [0.29, 0.717) is 12.8 Å². The topological polar surface area (TPSA) is 20.2 Å². The molecule has 0 rings (SSSR count). The van der Waals surface area contributed by atoms with E-state index in [4.69, 9.17) is 0 Å². The number of halogens is 5. The highest BCUT2D eigenvalue weighted by molar-refractivity contribution is 6.79. The Balaban J connectivity index is 5.36. The Labute approximate surface area is 105 Å². The van der Waals surface area contributed by atoms with Crippen LogP contribution < -0.4 is 0 Å². The lowest BCUT2D eigenvalue weighted by molar-refractivity contribution is -0.326. The lowest BCUT2D eigenvalue weighted by Gasteiger charge is -2.44. The van der Waals surface area contributed by atoms with Crippen molar-refractivity contribution < 1.29 is 27.1 Å². The Kier molecular flexibility index (Phi) is 5.39. The van der Waals surface area contributed by atoms with Crippen molar-refractivity contribution in [3.05, 3.63) is 0 Å². The van der Waals surface area contributed by atoms with Gasteiger partial charge in [0, 0.05) is 0 Å². The molecule has 1 N–H and O–H groups in total. The molecule has 0 saturated heterocycles. The molecule has 0 radical (unpaired) electrons. The minimum absolute atomic E-state index is 0.170. The van der Waals surface area contributed by atoms with E-state index >= 15 is 0 Å². The van der Waals surface area contributed by atoms with Crippen molar-refractivity contribution in [1.29, 1.82) is 0 Å². The third kappa shape index (κ3) is 3.23. The van der Waals surface area contributed by atoms with Crippen LogP contribution in [0.4, 0.5) is 22.0 Å². The summed E-state index contributed by atoms with van der Waals surface area (Å²) in [7, 11) is -3.12. The predicted molar refractivity (Wildman–Crippen MR) is 63.4 cm³/mol. The number of alkyl halides is 5. The molecule has 1 nitrogen and oxygen atoms in total. The maximum absolute atomic E-state index is 13.6. The maximum atomic E-state index is 13.6. The third-order valence-corrected chi connectivity index (χ3v) is 6.30. The summed E-state index contributed by atoms with van der Waals surface area (Å²) in [5, 5.41) is 7.08. The Morgan fingerprint density at radius 1 is 0.944 bits per heavy atom. The molecule has 0 aliphatic carbocycles. The molecule has 0 spiro atoms. The van der Waals surface area contributed by atoms with Crippen molar-refractivity contribution in [2.24, 2.45) is 0 Å². The van der Waals surface area contributed by atoms with E-state index in [1.54, 1.807) is 0 Å². The van der Waals surface area contributed by atoms with Crippen molar-refractivity contribution >= 4 is 8.07 Å². The monoisotopic (exact) mass is 292 g/mol. The Morgan fingerprint density at radius 3 is 1.67 bits per heavy atom. The first-order chi connectivity index (χ1) is 7.81. The van der Waals surface area contributed by atoms with Gasteiger partial charge in [-0.05, 0) is 6.42 Å². The average molecular weight is 292 g/mol. The SMILES string of the molecule is CCCCCC(O)(C(F)(F)C(F)(F)F)[Si](C)(C)C. The lowest BCUT2D eigenvalue weighted by Crippen LogP contribution is -2.68. The Hall–Kier alpha value is -0.173. The first-order valence-corrected chi connectivity index (χ1v) is 9.48. The normalized spacial score (nSPS) is 17.7. The second-order valence-electron chi connectivity index (χ2n) is 5.64. The Morgan fingerprint density at radius 2 is 1.39 bits per heavy atom. The van der Waals surface area contributed by atoms with Crippen LogP contribution in [-0.2, 0) is 0 Å². The highest BCUT2D eigenvalue weighted by atomic mass is 28.3. The summed E-state index contributed by atoms with van der Waals surface area (Å²) in [6.45, 7) is 5.81. The van der Waals surface area contributed by atoms with Crippen LogP contribution >= 0.6 is 0 Å². The molecule has 1 unspecified atom stereocenters. The summed E-state index contributed by atoms with van der Waals surface area (Å²) in [5.74, 6) is -5.06. The van der Waals surface area contributed by atoms with Gasteiger partial charge >= 0.3 is 12.1 Å². The molecule has 0 aliphatic heterocycles. The van der Waals surface area contributed by atoms with Gasteiger partial charge in [-0.3, -0.25) is 0 Å². The second-order valence-corrected chi connectivity index (χ2v) is 11.0. The summed E-state index contributed by atoms with van der Waals surface area (Å²) >= 11 is 0. The van der Waals surface area contributed by atoms with Crippen molar-refractivity contribution in [3.63, 3.8) is 0 Å². The molecule has 0 heterocycles. The third-order valence-electron chi connectivity index (χ3n) is 3.26. The van der Waals surface area contributed by atoms with Gasteiger partial charge in [-0.2, -0.15) is 22.0 Å². The highest BCUT2D eigenvalue weighted by Crippen LogP contribution is 2.49. The van der Waals surface area contributed by atoms with Gasteiger partial charge < -0.3 is 5.11 Å². The number of rotatable bonds is 6. The zero-order valence-corrected chi connectivity index (χ0v) is 12.2. The number of hydrogen-bond acceptors (Lipinski definition) is 1. The van der Waals surface area contributed by atoms with E-state index in [1.807, 2.05) is 6.92 Å². The van der Waals surface area contributed by atoms with E-state index in [9.17, 15) is 27.1 Å². The fourth-order valence-electron chi connectivity index (χ4n) is 1.87. The van der Waals surface area contributed by atoms with Crippen LogP contribution in [0.2, 0.25) is 19.6 Å². The highest BCUT2D eigenvalue weighted by Gasteiger charge is 2.72. The summed E-state index contributed by atoms with van der Waals surface area (Å²) in [6, 6.07) is 0. The van der Waals surface area contributed by atoms with Gasteiger partial charge in [-0.1, -0.05) is 45.8 Å². The average Bonchev–Trinajstić information content (AvgIpc) is 2.14. The standard InChI is InChI=1S/C11H21F5OSi/c1-5-6-7-8-9(17,18(2,3)4)10(12,13)11(14,15)16/h17H,5-8H2,1-4H3. The van der Waals surface area contributed by atoms with Crippen LogP contribution in [0.3, 0.4) is 0 Å². The zero-order valence-electron chi connectivity index (χ0n) is 11.2. The molecule has 110 valence electrons. The van der Waals surface area contributed by atoms with Gasteiger partial charge in [0.05, 0.1) is 8.07 Å². The van der Waals surface area contributed by atoms with E-state index < -0.39 is 31.8 Å². The maximum Gasteiger partial charge on any atom is 0.456 e. The first-order valence-electron chi connectivity index (χ1n) is 5.98. The molecule has 0 aromatic carbocycles. The van der Waals surface area contributed by atoms with Crippen LogP contribution in [-0.4, -0.2) is 30.5 Å². The molecule has 0 amide bonds. The van der Waals surface area contributed by atoms with Crippen molar-refractivity contribution in [3.8, 4) is 0 Å². The van der Waals surface area contributed by atoms with Crippen LogP contribution in [0.25, 0.3) is 0 Å². The van der Waals surface area contributed by atoms with Crippen molar-refractivity contribution in [2.75, 3.05) is 0 Å². The second kappa shape index (κ2) is 5.44. The molecule has 1 atom stereocenters. The van der Waals surface area contributed by atoms with Gasteiger partial charge in [0.2, 0.25) is 0 Å². The molecule has 18 heavy (non-hydrogen) atoms. The Bertz CT molecular complexity index is 272. The van der Waals surface area contributed by atoms with Crippen LogP contribution in [0.1, 0.15) is 32.6 Å². The molecule has 0 fully saturated rings. The molecule has 7 heteroatoms. The van der Waals surface area contributed by atoms with Crippen LogP contribution in [0, 0.1) is 0 Å². The summed E-state index contributed by atoms with van der Waals surface area (Å²) in [4.78, 5) is 0. The quantitative estimate of drug-likeness (QED) is 0.438. The summed E-state index contributed by atoms with van der Waals surface area (Å²) in [6.07, 6.45) is -4.83. The van der Waals surface area contributed by atoms with E-state index in [2.05, 4.69) is 0 Å². The molecule has 0 aromatic heterocycles. The fourth-order valence-corrected chi connectivity index (χ4v) is 3.88. The van der Waals surface area contributed by atoms with E-state index in [0.717, 1.165) is 0 Å². The summed E-state index contributed by atoms with van der Waals surface area (Å²) < 4.78 is 64.6. The van der Waals surface area contributed by atoms with Gasteiger partial charge in [0.15, 0.2) is 0 Å². The zero-order chi connectivity index (χ0) is 14.8. The van der Waals surface area contributed by atoms with Crippen LogP contribution in [0.5, 0.6) is 0 Å². The minimum atomic E-state index is -5.71. The molecule has 0 aliphatic rings. The van der Waals surface area contributed by atoms with Gasteiger partial charge in [0.25, 0.3) is 0 Å². The minimum Gasteiger partial charge on any atom is -0.387 e. The van der Waals surface area contributed by atoms with Gasteiger partial charge in [-0.15, -0.1) is 0 Å². The smallest absolute Gasteiger partial charge is 0.387 e. The number of unbranched alkanes of at least 4 members (excludes halogenated alkanes) is 2. The molecular formula is C11H21F5OSi. The van der Waals surface area contributed by atoms with Gasteiger partial charge in [0.1, 0.15) is 5.22 Å². The fraction of sp³-hybridized carbons (Fsp3) is 1.00. The van der Waals surface area contributed by atoms with Crippen molar-refractivity contribution in [1.82, 2.24) is 0 Å². The molecule has 0 bridgehead atoms. The van der Waals surface area contributed by atoms with Crippen molar-refractivity contribution in [2.45, 2.75) is 69.6 Å². The largest absolute Gasteiger partial charge is 0.456 e. The summed E-state index contributed by atoms with van der Waals surface area (Å²) in [5.41, 5.74) is 0. The molecule has 0 saturated carbocycles. The molecular weight excluding hydrogens is 271 g/mol. The number of hydrogen-bond donors (Lipinski definition) is 1. The lowest BCUT2D eigenvalue weighted by atomic mass is 10.0. The van der Waals surface area contributed by atoms with E-state index in [1.165, 1.54) is 19.6 Å². The van der Waals surface area contributed by atoms with E-state index in [-0.39, 0.29) is 6.42 Å².